The zero-order valence-corrected chi connectivity index (χ0v) is 11.8. The summed E-state index contributed by atoms with van der Waals surface area (Å²) >= 11 is 0. The zero-order chi connectivity index (χ0) is 12.1. The summed E-state index contributed by atoms with van der Waals surface area (Å²) in [5.41, 5.74) is 0. The SMILES string of the molecule is COC[C@@H](CC=O)O[Si](C)(C)C(C)(C)C. The van der Waals surface area contributed by atoms with Crippen LogP contribution in [0.15, 0.2) is 0 Å². The molecule has 15 heavy (non-hydrogen) atoms. The Labute approximate surface area is 94.3 Å². The maximum absolute atomic E-state index is 10.5. The fourth-order valence-electron chi connectivity index (χ4n) is 1.04. The summed E-state index contributed by atoms with van der Waals surface area (Å²) in [6.45, 7) is 11.4. The molecule has 0 aliphatic carbocycles. The molecule has 0 saturated carbocycles. The van der Waals surface area contributed by atoms with E-state index in [1.165, 1.54) is 0 Å². The van der Waals surface area contributed by atoms with Crippen molar-refractivity contribution < 1.29 is 14.0 Å². The lowest BCUT2D eigenvalue weighted by Gasteiger charge is -2.38. The van der Waals surface area contributed by atoms with Crippen LogP contribution in [0.2, 0.25) is 18.1 Å². The van der Waals surface area contributed by atoms with Gasteiger partial charge in [-0.05, 0) is 18.1 Å². The van der Waals surface area contributed by atoms with E-state index < -0.39 is 8.32 Å². The average molecular weight is 232 g/mol. The molecule has 0 aromatic heterocycles. The second-order valence-electron chi connectivity index (χ2n) is 5.36. The molecule has 0 N–H and O–H groups in total. The summed E-state index contributed by atoms with van der Waals surface area (Å²) in [5.74, 6) is 0. The number of methoxy groups -OCH3 is 1. The van der Waals surface area contributed by atoms with Gasteiger partial charge in [0.1, 0.15) is 6.29 Å². The molecule has 0 aromatic carbocycles. The van der Waals surface area contributed by atoms with E-state index in [4.69, 9.17) is 9.16 Å². The van der Waals surface area contributed by atoms with Gasteiger partial charge in [0.15, 0.2) is 8.32 Å². The number of ether oxygens (including phenoxy) is 1. The number of carbonyl (C=O) groups excluding carboxylic acids is 1. The predicted octanol–water partition coefficient (Wildman–Crippen LogP) is 2.61. The molecule has 0 spiro atoms. The Morgan fingerprint density at radius 2 is 1.87 bits per heavy atom. The van der Waals surface area contributed by atoms with Gasteiger partial charge in [-0.2, -0.15) is 0 Å². The highest BCUT2D eigenvalue weighted by Crippen LogP contribution is 2.37. The summed E-state index contributed by atoms with van der Waals surface area (Å²) < 4.78 is 11.1. The van der Waals surface area contributed by atoms with Crippen LogP contribution in [0.3, 0.4) is 0 Å². The van der Waals surface area contributed by atoms with Gasteiger partial charge in [-0.15, -0.1) is 0 Å². The molecule has 0 bridgehead atoms. The van der Waals surface area contributed by atoms with Gasteiger partial charge in [0.05, 0.1) is 12.7 Å². The van der Waals surface area contributed by atoms with Crippen molar-refractivity contribution in [1.29, 1.82) is 0 Å². The quantitative estimate of drug-likeness (QED) is 0.521. The van der Waals surface area contributed by atoms with Crippen LogP contribution in [0.4, 0.5) is 0 Å². The van der Waals surface area contributed by atoms with Crippen LogP contribution in [0, 0.1) is 0 Å². The Balaban J connectivity index is 4.43. The Morgan fingerprint density at radius 3 is 2.20 bits per heavy atom. The van der Waals surface area contributed by atoms with Gasteiger partial charge in [-0.25, -0.2) is 0 Å². The van der Waals surface area contributed by atoms with Crippen LogP contribution < -0.4 is 0 Å². The number of aldehydes is 1. The standard InChI is InChI=1S/C11H24O3Si/c1-11(2,3)15(5,6)14-10(7-8-12)9-13-4/h8,10H,7,9H2,1-6H3/t10-/m1/s1. The Morgan fingerprint density at radius 1 is 1.33 bits per heavy atom. The third-order valence-corrected chi connectivity index (χ3v) is 7.51. The molecule has 0 unspecified atom stereocenters. The van der Waals surface area contributed by atoms with Gasteiger partial charge in [-0.1, -0.05) is 20.8 Å². The molecule has 1 atom stereocenters. The third kappa shape index (κ3) is 4.91. The minimum atomic E-state index is -1.78. The van der Waals surface area contributed by atoms with Crippen molar-refractivity contribution in [1.82, 2.24) is 0 Å². The van der Waals surface area contributed by atoms with Crippen molar-refractivity contribution in [2.75, 3.05) is 13.7 Å². The molecule has 90 valence electrons. The van der Waals surface area contributed by atoms with Crippen LogP contribution in [0.1, 0.15) is 27.2 Å². The summed E-state index contributed by atoms with van der Waals surface area (Å²) in [5, 5.41) is 0.169. The van der Waals surface area contributed by atoms with Crippen LogP contribution in [-0.4, -0.2) is 34.4 Å². The van der Waals surface area contributed by atoms with E-state index in [1.807, 2.05) is 0 Å². The lowest BCUT2D eigenvalue weighted by atomic mass is 10.2. The number of hydrogen-bond donors (Lipinski definition) is 0. The van der Waals surface area contributed by atoms with E-state index in [9.17, 15) is 4.79 Å². The largest absolute Gasteiger partial charge is 0.411 e. The molecule has 0 heterocycles. The van der Waals surface area contributed by atoms with Gasteiger partial charge < -0.3 is 14.0 Å². The Bertz CT molecular complexity index is 196. The first-order chi connectivity index (χ1) is 6.74. The summed E-state index contributed by atoms with van der Waals surface area (Å²) in [4.78, 5) is 10.5. The summed E-state index contributed by atoms with van der Waals surface area (Å²) in [6, 6.07) is 0. The van der Waals surface area contributed by atoms with Gasteiger partial charge in [0, 0.05) is 13.5 Å². The predicted molar refractivity (Wildman–Crippen MR) is 64.6 cm³/mol. The van der Waals surface area contributed by atoms with Gasteiger partial charge >= 0.3 is 0 Å². The third-order valence-electron chi connectivity index (χ3n) is 2.98. The van der Waals surface area contributed by atoms with E-state index >= 15 is 0 Å². The topological polar surface area (TPSA) is 35.5 Å². The van der Waals surface area contributed by atoms with Gasteiger partial charge in [0.25, 0.3) is 0 Å². The van der Waals surface area contributed by atoms with Crippen molar-refractivity contribution in [2.24, 2.45) is 0 Å². The van der Waals surface area contributed by atoms with Crippen LogP contribution in [0.5, 0.6) is 0 Å². The van der Waals surface area contributed by atoms with E-state index in [0.717, 1.165) is 6.29 Å². The van der Waals surface area contributed by atoms with E-state index in [1.54, 1.807) is 7.11 Å². The molecule has 0 fully saturated rings. The first-order valence-electron chi connectivity index (χ1n) is 5.35. The zero-order valence-electron chi connectivity index (χ0n) is 10.8. The highest BCUT2D eigenvalue weighted by atomic mass is 28.4. The van der Waals surface area contributed by atoms with Crippen molar-refractivity contribution >= 4 is 14.6 Å². The van der Waals surface area contributed by atoms with E-state index in [-0.39, 0.29) is 11.1 Å². The molecular formula is C11H24O3Si. The smallest absolute Gasteiger partial charge is 0.192 e. The maximum atomic E-state index is 10.5. The highest BCUT2D eigenvalue weighted by Gasteiger charge is 2.38. The second kappa shape index (κ2) is 5.77. The van der Waals surface area contributed by atoms with Crippen molar-refractivity contribution in [3.8, 4) is 0 Å². The molecule has 0 rings (SSSR count). The second-order valence-corrected chi connectivity index (χ2v) is 10.1. The van der Waals surface area contributed by atoms with Crippen LogP contribution in [0.25, 0.3) is 0 Å². The number of rotatable bonds is 6. The fraction of sp³-hybridized carbons (Fsp3) is 0.909. The Kier molecular flexibility index (Phi) is 5.70. The number of carbonyl (C=O) groups is 1. The monoisotopic (exact) mass is 232 g/mol. The van der Waals surface area contributed by atoms with Crippen molar-refractivity contribution in [3.63, 3.8) is 0 Å². The molecule has 4 heteroatoms. The minimum absolute atomic E-state index is 0.0895. The van der Waals surface area contributed by atoms with E-state index in [2.05, 4.69) is 33.9 Å². The maximum Gasteiger partial charge on any atom is 0.192 e. The molecule has 0 aliphatic rings. The summed E-state index contributed by atoms with van der Waals surface area (Å²) in [6.07, 6.45) is 1.23. The lowest BCUT2D eigenvalue weighted by molar-refractivity contribution is -0.109. The summed E-state index contributed by atoms with van der Waals surface area (Å²) in [7, 11) is -0.150. The Hall–Kier alpha value is -0.193. The molecule has 0 radical (unpaired) electrons. The molecular weight excluding hydrogens is 208 g/mol. The first kappa shape index (κ1) is 14.8. The normalized spacial score (nSPS) is 15.1. The average Bonchev–Trinajstić information content (AvgIpc) is 2.02. The van der Waals surface area contributed by atoms with E-state index in [0.29, 0.717) is 13.0 Å². The fourth-order valence-corrected chi connectivity index (χ4v) is 2.39. The highest BCUT2D eigenvalue weighted by molar-refractivity contribution is 6.74. The molecule has 0 aromatic rings. The van der Waals surface area contributed by atoms with Crippen LogP contribution in [-0.2, 0) is 14.0 Å². The minimum Gasteiger partial charge on any atom is -0.411 e. The first-order valence-corrected chi connectivity index (χ1v) is 8.26. The lowest BCUT2D eigenvalue weighted by Crippen LogP contribution is -2.45. The van der Waals surface area contributed by atoms with Crippen molar-refractivity contribution in [3.05, 3.63) is 0 Å². The van der Waals surface area contributed by atoms with Crippen molar-refractivity contribution in [2.45, 2.75) is 51.4 Å². The molecule has 0 saturated heterocycles. The molecule has 0 aliphatic heterocycles. The van der Waals surface area contributed by atoms with Gasteiger partial charge in [0.2, 0.25) is 0 Å². The number of hydrogen-bond acceptors (Lipinski definition) is 3. The van der Waals surface area contributed by atoms with Gasteiger partial charge in [-0.3, -0.25) is 0 Å². The van der Waals surface area contributed by atoms with Crippen LogP contribution >= 0.6 is 0 Å². The molecule has 3 nitrogen and oxygen atoms in total. The molecule has 0 amide bonds.